The van der Waals surface area contributed by atoms with Crippen molar-refractivity contribution in [3.63, 3.8) is 0 Å². The number of rotatable bonds is 5. The van der Waals surface area contributed by atoms with Crippen molar-refractivity contribution in [2.24, 2.45) is 4.99 Å². The van der Waals surface area contributed by atoms with Gasteiger partial charge in [-0.3, -0.25) is 14.2 Å². The van der Waals surface area contributed by atoms with Crippen molar-refractivity contribution in [3.8, 4) is 5.75 Å². The number of carbonyl (C=O) groups is 2. The van der Waals surface area contributed by atoms with Crippen LogP contribution in [0.1, 0.15) is 37.9 Å². The molecule has 0 amide bonds. The average molecular weight is 497 g/mol. The molecule has 1 aromatic heterocycles. The lowest BCUT2D eigenvalue weighted by atomic mass is 9.96. The maximum atomic E-state index is 13.5. The van der Waals surface area contributed by atoms with E-state index in [4.69, 9.17) is 21.1 Å². The predicted octanol–water partition coefficient (Wildman–Crippen LogP) is 3.38. The second-order valence-electron chi connectivity index (χ2n) is 7.52. The molecule has 1 aliphatic rings. The zero-order valence-electron chi connectivity index (χ0n) is 18.7. The molecule has 0 bridgehead atoms. The van der Waals surface area contributed by atoms with E-state index in [1.54, 1.807) is 56.3 Å². The summed E-state index contributed by atoms with van der Waals surface area (Å²) in [6.07, 6.45) is 1.75. The first-order chi connectivity index (χ1) is 16.3. The highest BCUT2D eigenvalue weighted by atomic mass is 35.5. The van der Waals surface area contributed by atoms with Crippen LogP contribution in [0.4, 0.5) is 0 Å². The van der Waals surface area contributed by atoms with Gasteiger partial charge in [0.25, 0.3) is 5.56 Å². The van der Waals surface area contributed by atoms with E-state index >= 15 is 0 Å². The molecule has 0 spiro atoms. The number of ether oxygens (including phenoxy) is 2. The highest BCUT2D eigenvalue weighted by Gasteiger charge is 2.33. The first-order valence-corrected chi connectivity index (χ1v) is 11.7. The van der Waals surface area contributed by atoms with Gasteiger partial charge in [-0.15, -0.1) is 0 Å². The lowest BCUT2D eigenvalue weighted by Gasteiger charge is -2.24. The Morgan fingerprint density at radius 2 is 1.94 bits per heavy atom. The molecule has 1 aliphatic heterocycles. The SMILES string of the molecule is CCOC(=O)C1=C(C)N=c2sc(=Cc3cccc(Cl)c3)c(=O)n2[C@@H]1c1ccc(OC(C)=O)cc1. The van der Waals surface area contributed by atoms with Gasteiger partial charge in [0, 0.05) is 11.9 Å². The minimum Gasteiger partial charge on any atom is -0.463 e. The van der Waals surface area contributed by atoms with Crippen LogP contribution in [0.5, 0.6) is 5.75 Å². The second-order valence-corrected chi connectivity index (χ2v) is 8.97. The number of aromatic nitrogens is 1. The van der Waals surface area contributed by atoms with Crippen molar-refractivity contribution in [2.75, 3.05) is 6.61 Å². The minimum atomic E-state index is -0.747. The van der Waals surface area contributed by atoms with Crippen molar-refractivity contribution < 1.29 is 19.1 Å². The number of fused-ring (bicyclic) bond motifs is 1. The van der Waals surface area contributed by atoms with Gasteiger partial charge in [0.1, 0.15) is 5.75 Å². The van der Waals surface area contributed by atoms with E-state index in [0.29, 0.717) is 31.4 Å². The molecule has 0 radical (unpaired) electrons. The smallest absolute Gasteiger partial charge is 0.338 e. The van der Waals surface area contributed by atoms with Gasteiger partial charge < -0.3 is 9.47 Å². The molecule has 34 heavy (non-hydrogen) atoms. The van der Waals surface area contributed by atoms with Gasteiger partial charge in [-0.25, -0.2) is 9.79 Å². The van der Waals surface area contributed by atoms with Crippen LogP contribution in [0.15, 0.2) is 69.6 Å². The number of esters is 2. The predicted molar refractivity (Wildman–Crippen MR) is 130 cm³/mol. The Morgan fingerprint density at radius 1 is 1.21 bits per heavy atom. The fourth-order valence-electron chi connectivity index (χ4n) is 3.74. The van der Waals surface area contributed by atoms with E-state index in [1.807, 2.05) is 12.1 Å². The van der Waals surface area contributed by atoms with Crippen LogP contribution in [0.2, 0.25) is 5.02 Å². The zero-order chi connectivity index (χ0) is 24.4. The lowest BCUT2D eigenvalue weighted by Crippen LogP contribution is -2.39. The van der Waals surface area contributed by atoms with Crippen LogP contribution in [-0.4, -0.2) is 23.1 Å². The monoisotopic (exact) mass is 496 g/mol. The number of hydrogen-bond acceptors (Lipinski definition) is 7. The Bertz CT molecular complexity index is 1480. The molecule has 0 unspecified atom stereocenters. The Hall–Kier alpha value is -3.49. The van der Waals surface area contributed by atoms with E-state index in [9.17, 15) is 14.4 Å². The first kappa shape index (κ1) is 23.7. The van der Waals surface area contributed by atoms with Crippen molar-refractivity contribution in [1.82, 2.24) is 4.57 Å². The topological polar surface area (TPSA) is 87.0 Å². The maximum Gasteiger partial charge on any atom is 0.338 e. The molecule has 0 aliphatic carbocycles. The summed E-state index contributed by atoms with van der Waals surface area (Å²) in [5, 5.41) is 0.563. The summed E-state index contributed by atoms with van der Waals surface area (Å²) in [5.41, 5.74) is 1.91. The van der Waals surface area contributed by atoms with Crippen LogP contribution in [0.25, 0.3) is 6.08 Å². The van der Waals surface area contributed by atoms with Crippen LogP contribution >= 0.6 is 22.9 Å². The third-order valence-corrected chi connectivity index (χ3v) is 6.34. The zero-order valence-corrected chi connectivity index (χ0v) is 20.3. The molecule has 9 heteroatoms. The van der Waals surface area contributed by atoms with Crippen molar-refractivity contribution >= 4 is 41.0 Å². The van der Waals surface area contributed by atoms with E-state index < -0.39 is 18.0 Å². The molecule has 0 fully saturated rings. The Labute approximate surface area is 204 Å². The summed E-state index contributed by atoms with van der Waals surface area (Å²) in [7, 11) is 0. The highest BCUT2D eigenvalue weighted by molar-refractivity contribution is 7.07. The van der Waals surface area contributed by atoms with Gasteiger partial charge >= 0.3 is 11.9 Å². The van der Waals surface area contributed by atoms with E-state index in [1.165, 1.54) is 22.8 Å². The fraction of sp³-hybridized carbons (Fsp3) is 0.200. The average Bonchev–Trinajstić information content (AvgIpc) is 3.07. The summed E-state index contributed by atoms with van der Waals surface area (Å²) >= 11 is 7.33. The standard InChI is InChI=1S/C25H21ClN2O5S/c1-4-32-24(31)21-14(2)27-25-28(22(21)17-8-10-19(11-9-17)33-15(3)29)23(30)20(34-25)13-16-6-5-7-18(26)12-16/h5-13,22H,4H2,1-3H3/t22-/m1/s1. The largest absolute Gasteiger partial charge is 0.463 e. The molecule has 7 nitrogen and oxygen atoms in total. The summed E-state index contributed by atoms with van der Waals surface area (Å²) in [5.74, 6) is -0.616. The van der Waals surface area contributed by atoms with Crippen molar-refractivity contribution in [1.29, 1.82) is 0 Å². The number of thiazole rings is 1. The molecule has 2 heterocycles. The Morgan fingerprint density at radius 3 is 2.59 bits per heavy atom. The molecule has 3 aromatic rings. The molecule has 0 saturated heterocycles. The number of nitrogens with zero attached hydrogens (tertiary/aromatic N) is 2. The van der Waals surface area contributed by atoms with Crippen molar-refractivity contribution in [3.05, 3.63) is 95.6 Å². The van der Waals surface area contributed by atoms with Crippen molar-refractivity contribution in [2.45, 2.75) is 26.8 Å². The van der Waals surface area contributed by atoms with Crippen LogP contribution in [-0.2, 0) is 14.3 Å². The van der Waals surface area contributed by atoms with Gasteiger partial charge in [-0.1, -0.05) is 47.2 Å². The van der Waals surface area contributed by atoms with Gasteiger partial charge in [0.05, 0.1) is 28.5 Å². The van der Waals surface area contributed by atoms with Gasteiger partial charge in [-0.2, -0.15) is 0 Å². The minimum absolute atomic E-state index is 0.187. The van der Waals surface area contributed by atoms with Crippen LogP contribution in [0, 0.1) is 0 Å². The van der Waals surface area contributed by atoms with E-state index in [-0.39, 0.29) is 17.7 Å². The number of halogens is 1. The van der Waals surface area contributed by atoms with Crippen LogP contribution in [0.3, 0.4) is 0 Å². The Kier molecular flexibility index (Phi) is 6.81. The molecule has 0 N–H and O–H groups in total. The van der Waals surface area contributed by atoms with E-state index in [0.717, 1.165) is 5.56 Å². The van der Waals surface area contributed by atoms with Gasteiger partial charge in [0.15, 0.2) is 4.80 Å². The molecule has 2 aromatic carbocycles. The molecule has 1 atom stereocenters. The third kappa shape index (κ3) is 4.73. The fourth-order valence-corrected chi connectivity index (χ4v) is 4.98. The quantitative estimate of drug-likeness (QED) is 0.399. The number of allylic oxidation sites excluding steroid dienone is 1. The number of carbonyl (C=O) groups excluding carboxylic acids is 2. The van der Waals surface area contributed by atoms with E-state index in [2.05, 4.69) is 4.99 Å². The highest BCUT2D eigenvalue weighted by Crippen LogP contribution is 2.31. The number of hydrogen-bond donors (Lipinski definition) is 0. The normalized spacial score (nSPS) is 15.5. The number of benzene rings is 2. The second kappa shape index (κ2) is 9.79. The summed E-state index contributed by atoms with van der Waals surface area (Å²) in [6.45, 7) is 4.95. The molecule has 4 rings (SSSR count). The summed E-state index contributed by atoms with van der Waals surface area (Å²) < 4.78 is 12.4. The van der Waals surface area contributed by atoms with Gasteiger partial charge in [-0.05, 0) is 55.3 Å². The van der Waals surface area contributed by atoms with Crippen LogP contribution < -0.4 is 19.6 Å². The Balaban J connectivity index is 1.91. The van der Waals surface area contributed by atoms with Gasteiger partial charge in [0.2, 0.25) is 0 Å². The maximum absolute atomic E-state index is 13.5. The summed E-state index contributed by atoms with van der Waals surface area (Å²) in [6, 6.07) is 13.1. The molecule has 0 saturated carbocycles. The lowest BCUT2D eigenvalue weighted by molar-refractivity contribution is -0.139. The molecular weight excluding hydrogens is 476 g/mol. The third-order valence-electron chi connectivity index (χ3n) is 5.12. The molecule has 174 valence electrons. The first-order valence-electron chi connectivity index (χ1n) is 10.5. The summed E-state index contributed by atoms with van der Waals surface area (Å²) in [4.78, 5) is 42.8. The molecular formula is C25H21ClN2O5S.